The van der Waals surface area contributed by atoms with Crippen molar-refractivity contribution < 1.29 is 13.2 Å². The zero-order chi connectivity index (χ0) is 21.1. The minimum atomic E-state index is -4.51. The highest BCUT2D eigenvalue weighted by atomic mass is 32.1. The highest BCUT2D eigenvalue weighted by Crippen LogP contribution is 2.36. The molecule has 0 radical (unpaired) electrons. The molecule has 1 aliphatic rings. The Balaban J connectivity index is 1.54. The molecule has 0 spiro atoms. The number of hydrogen-bond donors (Lipinski definition) is 1. The van der Waals surface area contributed by atoms with Crippen molar-refractivity contribution in [3.63, 3.8) is 0 Å². The minimum Gasteiger partial charge on any atom is -0.324 e. The molecule has 1 saturated heterocycles. The smallest absolute Gasteiger partial charge is 0.324 e. The first-order valence-electron chi connectivity index (χ1n) is 9.84. The number of rotatable bonds is 4. The number of nitrogens with one attached hydrogen (secondary N) is 1. The van der Waals surface area contributed by atoms with Crippen LogP contribution in [0.3, 0.4) is 0 Å². The van der Waals surface area contributed by atoms with Crippen molar-refractivity contribution in [2.24, 2.45) is 0 Å². The Kier molecular flexibility index (Phi) is 6.01. The summed E-state index contributed by atoms with van der Waals surface area (Å²) < 4.78 is 38.6. The molecule has 1 atom stereocenters. The summed E-state index contributed by atoms with van der Waals surface area (Å²) in [4.78, 5) is 15.5. The van der Waals surface area contributed by atoms with Gasteiger partial charge in [-0.2, -0.15) is 13.2 Å². The van der Waals surface area contributed by atoms with Crippen LogP contribution in [0, 0.1) is 0 Å². The van der Waals surface area contributed by atoms with Crippen LogP contribution in [0.1, 0.15) is 42.4 Å². The lowest BCUT2D eigenvalue weighted by molar-refractivity contribution is -0.141. The fourth-order valence-electron chi connectivity index (χ4n) is 3.60. The van der Waals surface area contributed by atoms with E-state index < -0.39 is 11.9 Å². The molecule has 5 nitrogen and oxygen atoms in total. The lowest BCUT2D eigenvalue weighted by Gasteiger charge is -2.23. The first-order chi connectivity index (χ1) is 14.4. The number of benzene rings is 1. The number of hydrogen-bond acceptors (Lipinski definition) is 6. The van der Waals surface area contributed by atoms with Gasteiger partial charge in [0.05, 0.1) is 10.9 Å². The second kappa shape index (κ2) is 8.69. The predicted molar refractivity (Wildman–Crippen MR) is 112 cm³/mol. The number of aromatic nitrogens is 3. The van der Waals surface area contributed by atoms with Crippen LogP contribution in [0.2, 0.25) is 0 Å². The highest BCUT2D eigenvalue weighted by molar-refractivity contribution is 7.15. The maximum Gasteiger partial charge on any atom is 0.433 e. The molecule has 0 aliphatic carbocycles. The molecule has 0 amide bonds. The van der Waals surface area contributed by atoms with Crippen molar-refractivity contribution in [1.82, 2.24) is 19.9 Å². The van der Waals surface area contributed by atoms with Gasteiger partial charge in [-0.05, 0) is 50.2 Å². The van der Waals surface area contributed by atoms with Crippen molar-refractivity contribution in [1.29, 1.82) is 0 Å². The fourth-order valence-corrected chi connectivity index (χ4v) is 4.71. The van der Waals surface area contributed by atoms with Crippen LogP contribution in [-0.2, 0) is 6.18 Å². The lowest BCUT2D eigenvalue weighted by Crippen LogP contribution is -2.23. The van der Waals surface area contributed by atoms with Crippen LogP contribution in [0.4, 0.5) is 24.8 Å². The highest BCUT2D eigenvalue weighted by Gasteiger charge is 2.32. The second-order valence-electron chi connectivity index (χ2n) is 7.38. The normalized spacial score (nSPS) is 18.2. The van der Waals surface area contributed by atoms with Crippen molar-refractivity contribution >= 4 is 23.0 Å². The summed E-state index contributed by atoms with van der Waals surface area (Å²) in [5, 5.41) is 3.97. The van der Waals surface area contributed by atoms with Crippen LogP contribution < -0.4 is 5.32 Å². The van der Waals surface area contributed by atoms with Gasteiger partial charge < -0.3 is 5.32 Å². The zero-order valence-corrected chi connectivity index (χ0v) is 17.3. The molecule has 1 aliphatic heterocycles. The van der Waals surface area contributed by atoms with Gasteiger partial charge in [0.25, 0.3) is 0 Å². The molecule has 1 N–H and O–H groups in total. The monoisotopic (exact) mass is 433 g/mol. The number of thiazole rings is 1. The molecular formula is C21H22F3N5S. The summed E-state index contributed by atoms with van der Waals surface area (Å²) in [6, 6.07) is 8.65. The van der Waals surface area contributed by atoms with E-state index in [1.165, 1.54) is 19.3 Å². The van der Waals surface area contributed by atoms with Crippen molar-refractivity contribution in [3.05, 3.63) is 53.4 Å². The van der Waals surface area contributed by atoms with Gasteiger partial charge >= 0.3 is 6.18 Å². The van der Waals surface area contributed by atoms with E-state index in [0.717, 1.165) is 40.7 Å². The van der Waals surface area contributed by atoms with Gasteiger partial charge in [0.15, 0.2) is 0 Å². The molecule has 0 bridgehead atoms. The molecule has 1 unspecified atom stereocenters. The van der Waals surface area contributed by atoms with Crippen LogP contribution in [-0.4, -0.2) is 33.4 Å². The van der Waals surface area contributed by atoms with Gasteiger partial charge in [-0.3, -0.25) is 4.90 Å². The average Bonchev–Trinajstić information content (AvgIpc) is 3.10. The summed E-state index contributed by atoms with van der Waals surface area (Å²) in [6.45, 7) is 1.08. The van der Waals surface area contributed by atoms with E-state index in [2.05, 4.69) is 32.2 Å². The maximum absolute atomic E-state index is 12.9. The lowest BCUT2D eigenvalue weighted by atomic mass is 10.1. The molecule has 158 valence electrons. The maximum atomic E-state index is 12.9. The molecule has 1 aromatic carbocycles. The van der Waals surface area contributed by atoms with Gasteiger partial charge in [-0.15, -0.1) is 11.3 Å². The number of likely N-dealkylation sites (tertiary alicyclic amines) is 1. The molecule has 1 fully saturated rings. The SMILES string of the molecule is CN1CCCCCC1c1ncc(-c2cccc(Nc3nccc(C(F)(F)F)n3)c2)s1. The van der Waals surface area contributed by atoms with Gasteiger partial charge in [-0.25, -0.2) is 15.0 Å². The van der Waals surface area contributed by atoms with Crippen molar-refractivity contribution in [2.45, 2.75) is 37.9 Å². The van der Waals surface area contributed by atoms with E-state index in [9.17, 15) is 13.2 Å². The van der Waals surface area contributed by atoms with Crippen molar-refractivity contribution in [3.8, 4) is 10.4 Å². The Morgan fingerprint density at radius 3 is 2.83 bits per heavy atom. The third-order valence-electron chi connectivity index (χ3n) is 5.18. The van der Waals surface area contributed by atoms with Crippen LogP contribution >= 0.6 is 11.3 Å². The van der Waals surface area contributed by atoms with E-state index in [1.807, 2.05) is 24.4 Å². The van der Waals surface area contributed by atoms with Gasteiger partial charge in [0, 0.05) is 18.1 Å². The molecule has 3 aromatic rings. The van der Waals surface area contributed by atoms with E-state index in [-0.39, 0.29) is 5.95 Å². The summed E-state index contributed by atoms with van der Waals surface area (Å²) in [6.07, 6.45) is 3.25. The number of alkyl halides is 3. The topological polar surface area (TPSA) is 53.9 Å². The first-order valence-corrected chi connectivity index (χ1v) is 10.7. The molecule has 0 saturated carbocycles. The zero-order valence-electron chi connectivity index (χ0n) is 16.5. The summed E-state index contributed by atoms with van der Waals surface area (Å²) in [7, 11) is 2.15. The third kappa shape index (κ3) is 4.79. The largest absolute Gasteiger partial charge is 0.433 e. The first kappa shape index (κ1) is 20.7. The Morgan fingerprint density at radius 1 is 1.13 bits per heavy atom. The van der Waals surface area contributed by atoms with E-state index in [1.54, 1.807) is 17.4 Å². The third-order valence-corrected chi connectivity index (χ3v) is 6.33. The Labute approximate surface area is 177 Å². The van der Waals surface area contributed by atoms with E-state index in [4.69, 9.17) is 0 Å². The van der Waals surface area contributed by atoms with E-state index in [0.29, 0.717) is 11.7 Å². The van der Waals surface area contributed by atoms with Gasteiger partial charge in [-0.1, -0.05) is 25.0 Å². The van der Waals surface area contributed by atoms with Gasteiger partial charge in [0.2, 0.25) is 5.95 Å². The fraction of sp³-hybridized carbons (Fsp3) is 0.381. The van der Waals surface area contributed by atoms with Gasteiger partial charge in [0.1, 0.15) is 10.7 Å². The summed E-state index contributed by atoms with van der Waals surface area (Å²) >= 11 is 1.67. The standard InChI is InChI=1S/C21H22F3N5S/c1-29-11-4-2-3-8-16(29)19-26-13-17(30-19)14-6-5-7-15(12-14)27-20-25-10-9-18(28-20)21(22,23)24/h5-7,9-10,12-13,16H,2-4,8,11H2,1H3,(H,25,27,28). The summed E-state index contributed by atoms with van der Waals surface area (Å²) in [5.74, 6) is -0.0907. The quantitative estimate of drug-likeness (QED) is 0.554. The molecule has 2 aromatic heterocycles. The molecular weight excluding hydrogens is 411 g/mol. The Bertz CT molecular complexity index is 1000. The number of nitrogens with zero attached hydrogens (tertiary/aromatic N) is 4. The second-order valence-corrected chi connectivity index (χ2v) is 8.44. The molecule has 3 heterocycles. The number of halogens is 3. The molecule has 30 heavy (non-hydrogen) atoms. The van der Waals surface area contributed by atoms with E-state index >= 15 is 0 Å². The Hall–Kier alpha value is -2.52. The van der Waals surface area contributed by atoms with Crippen molar-refractivity contribution in [2.75, 3.05) is 18.9 Å². The average molecular weight is 434 g/mol. The van der Waals surface area contributed by atoms with Crippen LogP contribution in [0.25, 0.3) is 10.4 Å². The molecule has 4 rings (SSSR count). The van der Waals surface area contributed by atoms with Crippen LogP contribution in [0.15, 0.2) is 42.7 Å². The minimum absolute atomic E-state index is 0.0907. The summed E-state index contributed by atoms with van der Waals surface area (Å²) in [5.41, 5.74) is 0.594. The molecule has 9 heteroatoms. The predicted octanol–water partition coefficient (Wildman–Crippen LogP) is 5.91. The Morgan fingerprint density at radius 2 is 2.00 bits per heavy atom. The van der Waals surface area contributed by atoms with Crippen LogP contribution in [0.5, 0.6) is 0 Å². The number of anilines is 2.